The van der Waals surface area contributed by atoms with Crippen molar-refractivity contribution in [2.45, 2.75) is 25.6 Å². The summed E-state index contributed by atoms with van der Waals surface area (Å²) in [7, 11) is 0. The zero-order valence-corrected chi connectivity index (χ0v) is 16.9. The summed E-state index contributed by atoms with van der Waals surface area (Å²) in [5.74, 6) is -0.0350. The van der Waals surface area contributed by atoms with Gasteiger partial charge < -0.3 is 5.11 Å². The maximum Gasteiger partial charge on any atom is 0.126 e. The van der Waals surface area contributed by atoms with Gasteiger partial charge in [0.1, 0.15) is 17.7 Å². The third-order valence-electron chi connectivity index (χ3n) is 4.98. The highest BCUT2D eigenvalue weighted by Gasteiger charge is 2.27. The summed E-state index contributed by atoms with van der Waals surface area (Å²) < 4.78 is 14.3. The van der Waals surface area contributed by atoms with Crippen molar-refractivity contribution in [2.75, 3.05) is 0 Å². The van der Waals surface area contributed by atoms with Crippen molar-refractivity contribution in [3.8, 4) is 5.75 Å². The molecule has 1 aliphatic heterocycles. The standard InChI is InChI=1S/C23H20BrFN2O/c1-14-2-4-15(5-3-14)20-13-21(19-12-17(24)8-11-22(19)28)27-23(26-20)16-6-9-18(25)10-7-16/h2-12,21,23,27-28H,13H2,1H3/t21-,23+/m0/s1. The van der Waals surface area contributed by atoms with E-state index in [9.17, 15) is 9.50 Å². The first-order chi connectivity index (χ1) is 13.5. The van der Waals surface area contributed by atoms with Gasteiger partial charge in [0.2, 0.25) is 0 Å². The second-order valence-corrected chi connectivity index (χ2v) is 7.94. The Morgan fingerprint density at radius 1 is 1.04 bits per heavy atom. The Kier molecular flexibility index (Phi) is 5.29. The highest BCUT2D eigenvalue weighted by Crippen LogP contribution is 2.35. The van der Waals surface area contributed by atoms with Crippen LogP contribution < -0.4 is 5.32 Å². The predicted molar refractivity (Wildman–Crippen MR) is 113 cm³/mol. The number of benzene rings is 3. The van der Waals surface area contributed by atoms with Gasteiger partial charge in [0.05, 0.1) is 0 Å². The third kappa shape index (κ3) is 4.01. The molecule has 28 heavy (non-hydrogen) atoms. The summed E-state index contributed by atoms with van der Waals surface area (Å²) in [5, 5.41) is 13.9. The van der Waals surface area contributed by atoms with Crippen LogP contribution in [0.15, 0.2) is 76.2 Å². The normalized spacial score (nSPS) is 19.3. The first-order valence-electron chi connectivity index (χ1n) is 9.13. The zero-order valence-electron chi connectivity index (χ0n) is 15.4. The largest absolute Gasteiger partial charge is 0.508 e. The van der Waals surface area contributed by atoms with Crippen LogP contribution in [0.2, 0.25) is 0 Å². The Balaban J connectivity index is 1.76. The lowest BCUT2D eigenvalue weighted by Gasteiger charge is -2.31. The molecular formula is C23H20BrFN2O. The summed E-state index contributed by atoms with van der Waals surface area (Å²) >= 11 is 3.49. The van der Waals surface area contributed by atoms with E-state index in [-0.39, 0.29) is 23.8 Å². The number of rotatable bonds is 3. The molecule has 0 saturated heterocycles. The number of hydrogen-bond acceptors (Lipinski definition) is 3. The van der Waals surface area contributed by atoms with Gasteiger partial charge in [0.25, 0.3) is 0 Å². The summed E-state index contributed by atoms with van der Waals surface area (Å²) in [6.45, 7) is 2.05. The van der Waals surface area contributed by atoms with Gasteiger partial charge in [-0.3, -0.25) is 10.3 Å². The third-order valence-corrected chi connectivity index (χ3v) is 5.47. The van der Waals surface area contributed by atoms with Gasteiger partial charge in [-0.05, 0) is 48.4 Å². The van der Waals surface area contributed by atoms with E-state index in [1.807, 2.05) is 12.1 Å². The Morgan fingerprint density at radius 2 is 1.75 bits per heavy atom. The molecule has 1 aliphatic rings. The molecule has 2 atom stereocenters. The molecular weight excluding hydrogens is 419 g/mol. The van der Waals surface area contributed by atoms with Gasteiger partial charge in [0, 0.05) is 28.2 Å². The van der Waals surface area contributed by atoms with Gasteiger partial charge >= 0.3 is 0 Å². The van der Waals surface area contributed by atoms with Crippen molar-refractivity contribution in [2.24, 2.45) is 4.99 Å². The number of halogens is 2. The van der Waals surface area contributed by atoms with Gasteiger partial charge in [-0.1, -0.05) is 57.9 Å². The molecule has 3 nitrogen and oxygen atoms in total. The van der Waals surface area contributed by atoms with Gasteiger partial charge in [-0.15, -0.1) is 0 Å². The average molecular weight is 439 g/mol. The van der Waals surface area contributed by atoms with Crippen molar-refractivity contribution in [1.82, 2.24) is 5.32 Å². The Labute approximate surface area is 172 Å². The zero-order chi connectivity index (χ0) is 19.7. The van der Waals surface area contributed by atoms with E-state index in [1.54, 1.807) is 18.2 Å². The smallest absolute Gasteiger partial charge is 0.126 e. The maximum absolute atomic E-state index is 13.4. The van der Waals surface area contributed by atoms with Crippen molar-refractivity contribution in [3.05, 3.63) is 99.3 Å². The average Bonchev–Trinajstić information content (AvgIpc) is 2.70. The van der Waals surface area contributed by atoms with Gasteiger partial charge in [-0.2, -0.15) is 0 Å². The van der Waals surface area contributed by atoms with Crippen LogP contribution in [0.1, 0.15) is 40.9 Å². The molecule has 3 aromatic carbocycles. The fourth-order valence-electron chi connectivity index (χ4n) is 3.45. The Bertz CT molecular complexity index is 1020. The molecule has 0 aliphatic carbocycles. The van der Waals surface area contributed by atoms with Crippen LogP contribution in [0, 0.1) is 12.7 Å². The van der Waals surface area contributed by atoms with Crippen LogP contribution in [-0.2, 0) is 0 Å². The van der Waals surface area contributed by atoms with E-state index in [0.717, 1.165) is 26.9 Å². The van der Waals surface area contributed by atoms with E-state index in [0.29, 0.717) is 6.42 Å². The number of nitrogens with zero attached hydrogens (tertiary/aromatic N) is 1. The van der Waals surface area contributed by atoms with Crippen molar-refractivity contribution >= 4 is 21.6 Å². The number of aliphatic imine (C=N–C) groups is 1. The minimum Gasteiger partial charge on any atom is -0.508 e. The van der Waals surface area contributed by atoms with Crippen LogP contribution in [-0.4, -0.2) is 10.8 Å². The minimum atomic E-state index is -0.325. The molecule has 0 fully saturated rings. The number of aromatic hydroxyl groups is 1. The molecule has 0 radical (unpaired) electrons. The second kappa shape index (κ2) is 7.86. The van der Waals surface area contributed by atoms with Crippen LogP contribution in [0.3, 0.4) is 0 Å². The summed E-state index contributed by atoms with van der Waals surface area (Å²) in [6.07, 6.45) is 0.319. The number of nitrogens with one attached hydrogen (secondary N) is 1. The molecule has 4 rings (SSSR count). The molecule has 0 amide bonds. The Hall–Kier alpha value is -2.50. The molecule has 0 aromatic heterocycles. The van der Waals surface area contributed by atoms with E-state index in [4.69, 9.17) is 4.99 Å². The second-order valence-electron chi connectivity index (χ2n) is 7.02. The first-order valence-corrected chi connectivity index (χ1v) is 9.92. The van der Waals surface area contributed by atoms with Gasteiger partial charge in [0.15, 0.2) is 0 Å². The molecule has 3 aromatic rings. The molecule has 0 unspecified atom stereocenters. The number of aryl methyl sites for hydroxylation is 1. The molecule has 5 heteroatoms. The monoisotopic (exact) mass is 438 g/mol. The number of hydrogen-bond donors (Lipinski definition) is 2. The lowest BCUT2D eigenvalue weighted by Crippen LogP contribution is -2.33. The SMILES string of the molecule is Cc1ccc(C2=N[C@@H](c3ccc(F)cc3)N[C@H](c3cc(Br)ccc3O)C2)cc1. The molecule has 0 bridgehead atoms. The number of phenols is 1. The lowest BCUT2D eigenvalue weighted by molar-refractivity contribution is 0.412. The number of phenolic OH excluding ortho intramolecular Hbond substituents is 1. The highest BCUT2D eigenvalue weighted by molar-refractivity contribution is 9.10. The molecule has 1 heterocycles. The van der Waals surface area contributed by atoms with Gasteiger partial charge in [-0.25, -0.2) is 4.39 Å². The highest BCUT2D eigenvalue weighted by atomic mass is 79.9. The first kappa shape index (κ1) is 18.8. The topological polar surface area (TPSA) is 44.6 Å². The fraction of sp³-hybridized carbons (Fsp3) is 0.174. The maximum atomic E-state index is 13.4. The molecule has 2 N–H and O–H groups in total. The lowest BCUT2D eigenvalue weighted by atomic mass is 9.93. The van der Waals surface area contributed by atoms with E-state index in [2.05, 4.69) is 52.4 Å². The summed E-state index contributed by atoms with van der Waals surface area (Å²) in [4.78, 5) is 4.90. The quantitative estimate of drug-likeness (QED) is 0.540. The minimum absolute atomic E-state index is 0.124. The van der Waals surface area contributed by atoms with Crippen molar-refractivity contribution in [1.29, 1.82) is 0 Å². The van der Waals surface area contributed by atoms with Crippen LogP contribution in [0.5, 0.6) is 5.75 Å². The van der Waals surface area contributed by atoms with E-state index in [1.165, 1.54) is 17.7 Å². The Morgan fingerprint density at radius 3 is 2.46 bits per heavy atom. The molecule has 0 spiro atoms. The van der Waals surface area contributed by atoms with Crippen molar-refractivity contribution < 1.29 is 9.50 Å². The fourth-order valence-corrected chi connectivity index (χ4v) is 3.83. The van der Waals surface area contributed by atoms with Crippen LogP contribution in [0.4, 0.5) is 4.39 Å². The predicted octanol–water partition coefficient (Wildman–Crippen LogP) is 5.82. The summed E-state index contributed by atoms with van der Waals surface area (Å²) in [5.41, 5.74) is 4.89. The van der Waals surface area contributed by atoms with Crippen molar-refractivity contribution in [3.63, 3.8) is 0 Å². The van der Waals surface area contributed by atoms with E-state index < -0.39 is 0 Å². The molecule has 142 valence electrons. The summed E-state index contributed by atoms with van der Waals surface area (Å²) in [6, 6.07) is 19.9. The van der Waals surface area contributed by atoms with E-state index >= 15 is 0 Å². The van der Waals surface area contributed by atoms with Crippen LogP contribution in [0.25, 0.3) is 0 Å². The van der Waals surface area contributed by atoms with Crippen LogP contribution >= 0.6 is 15.9 Å². The molecule has 0 saturated carbocycles.